The zero-order valence-electron chi connectivity index (χ0n) is 11.8. The molecular formula is C18H20IN. The third-order valence-electron chi connectivity index (χ3n) is 5.11. The molecular weight excluding hydrogens is 357 g/mol. The molecule has 2 aromatic carbocycles. The number of hydrogen-bond acceptors (Lipinski definition) is 0. The predicted molar refractivity (Wildman–Crippen MR) is 78.1 cm³/mol. The Labute approximate surface area is 138 Å². The summed E-state index contributed by atoms with van der Waals surface area (Å²) in [5, 5.41) is 0. The van der Waals surface area contributed by atoms with E-state index in [1.54, 1.807) is 22.3 Å². The largest absolute Gasteiger partial charge is 1.00 e. The van der Waals surface area contributed by atoms with E-state index in [2.05, 4.69) is 55.6 Å². The summed E-state index contributed by atoms with van der Waals surface area (Å²) < 4.78 is 1.19. The summed E-state index contributed by atoms with van der Waals surface area (Å²) in [7, 11) is 2.44. The first-order chi connectivity index (χ1) is 9.28. The van der Waals surface area contributed by atoms with Crippen LogP contribution in [0, 0.1) is 0 Å². The fourth-order valence-corrected chi connectivity index (χ4v) is 4.02. The minimum atomic E-state index is 0. The molecule has 0 bridgehead atoms. The van der Waals surface area contributed by atoms with E-state index in [1.165, 1.54) is 30.4 Å². The van der Waals surface area contributed by atoms with Crippen LogP contribution in [0.25, 0.3) is 0 Å². The Hall–Kier alpha value is -0.870. The highest BCUT2D eigenvalue weighted by molar-refractivity contribution is 5.42. The molecule has 0 aromatic heterocycles. The standard InChI is InChI=1S/C18H20N.HI/c1-19-12-10-14-6-2-4-8-16(14)18(19)17-9-5-3-7-15(17)11-13-19;/h2-9,18H,10-13H2,1H3;1H/q+1;/p-1. The van der Waals surface area contributed by atoms with E-state index in [-0.39, 0.29) is 24.0 Å². The molecule has 0 fully saturated rings. The monoisotopic (exact) mass is 377 g/mol. The molecule has 20 heavy (non-hydrogen) atoms. The van der Waals surface area contributed by atoms with Gasteiger partial charge in [0, 0.05) is 24.0 Å². The quantitative estimate of drug-likeness (QED) is 0.459. The molecule has 2 aliphatic rings. The van der Waals surface area contributed by atoms with Crippen molar-refractivity contribution in [2.24, 2.45) is 0 Å². The van der Waals surface area contributed by atoms with Crippen LogP contribution in [0.4, 0.5) is 0 Å². The number of hydrogen-bond donors (Lipinski definition) is 0. The highest BCUT2D eigenvalue weighted by Crippen LogP contribution is 2.43. The molecule has 2 aromatic rings. The summed E-state index contributed by atoms with van der Waals surface area (Å²) >= 11 is 0. The molecule has 0 amide bonds. The molecule has 1 nitrogen and oxygen atoms in total. The number of nitrogens with zero attached hydrogens (tertiary/aromatic N) is 1. The fraction of sp³-hybridized carbons (Fsp3) is 0.333. The average molecular weight is 377 g/mol. The number of quaternary nitrogens is 1. The summed E-state index contributed by atoms with van der Waals surface area (Å²) in [6.07, 6.45) is 2.46. The van der Waals surface area contributed by atoms with Crippen molar-refractivity contribution in [2.45, 2.75) is 18.9 Å². The first-order valence-corrected chi connectivity index (χ1v) is 7.28. The van der Waals surface area contributed by atoms with Crippen LogP contribution >= 0.6 is 0 Å². The molecule has 0 radical (unpaired) electrons. The van der Waals surface area contributed by atoms with E-state index in [1.807, 2.05) is 0 Å². The second kappa shape index (κ2) is 5.15. The molecule has 0 saturated heterocycles. The van der Waals surface area contributed by atoms with Crippen molar-refractivity contribution < 1.29 is 28.5 Å². The van der Waals surface area contributed by atoms with Crippen LogP contribution in [0.15, 0.2) is 48.5 Å². The molecule has 0 unspecified atom stereocenters. The van der Waals surface area contributed by atoms with Gasteiger partial charge in [0.15, 0.2) is 0 Å². The van der Waals surface area contributed by atoms with Gasteiger partial charge in [0.1, 0.15) is 6.04 Å². The molecule has 2 heterocycles. The normalized spacial score (nSPS) is 26.8. The summed E-state index contributed by atoms with van der Waals surface area (Å²) in [4.78, 5) is 0. The number of fused-ring (bicyclic) bond motifs is 5. The molecule has 104 valence electrons. The van der Waals surface area contributed by atoms with Crippen molar-refractivity contribution in [1.29, 1.82) is 0 Å². The van der Waals surface area contributed by atoms with E-state index in [0.717, 1.165) is 0 Å². The van der Waals surface area contributed by atoms with E-state index in [0.29, 0.717) is 6.04 Å². The molecule has 0 N–H and O–H groups in total. The molecule has 4 rings (SSSR count). The number of benzene rings is 2. The van der Waals surface area contributed by atoms with Gasteiger partial charge in [-0.1, -0.05) is 48.5 Å². The Morgan fingerprint density at radius 2 is 1.25 bits per heavy atom. The molecule has 2 aliphatic heterocycles. The van der Waals surface area contributed by atoms with Gasteiger partial charge < -0.3 is 28.5 Å². The molecule has 2 heteroatoms. The predicted octanol–water partition coefficient (Wildman–Crippen LogP) is 0.339. The fourth-order valence-electron chi connectivity index (χ4n) is 4.02. The first-order valence-electron chi connectivity index (χ1n) is 7.28. The number of halogens is 1. The van der Waals surface area contributed by atoms with Crippen molar-refractivity contribution in [3.63, 3.8) is 0 Å². The van der Waals surface area contributed by atoms with Gasteiger partial charge in [-0.3, -0.25) is 0 Å². The molecule has 0 saturated carbocycles. The van der Waals surface area contributed by atoms with E-state index >= 15 is 0 Å². The second-order valence-electron chi connectivity index (χ2n) is 6.23. The lowest BCUT2D eigenvalue weighted by atomic mass is 9.81. The maximum absolute atomic E-state index is 2.44. The molecule has 0 spiro atoms. The number of rotatable bonds is 0. The highest BCUT2D eigenvalue weighted by atomic mass is 127. The SMILES string of the molecule is C[N+]12CCc3ccccc3C1c1ccccc1CC2.[I-]. The van der Waals surface area contributed by atoms with Gasteiger partial charge in [-0.2, -0.15) is 0 Å². The van der Waals surface area contributed by atoms with Gasteiger partial charge in [0.2, 0.25) is 0 Å². The van der Waals surface area contributed by atoms with Crippen molar-refractivity contribution in [2.75, 3.05) is 20.1 Å². The summed E-state index contributed by atoms with van der Waals surface area (Å²) in [6, 6.07) is 18.6. The topological polar surface area (TPSA) is 0 Å². The van der Waals surface area contributed by atoms with Crippen LogP contribution in [-0.2, 0) is 12.8 Å². The molecule has 0 atom stereocenters. The van der Waals surface area contributed by atoms with Gasteiger partial charge in [-0.25, -0.2) is 0 Å². The summed E-state index contributed by atoms with van der Waals surface area (Å²) in [5.74, 6) is 0. The third kappa shape index (κ3) is 2.01. The van der Waals surface area contributed by atoms with Crippen LogP contribution in [0.5, 0.6) is 0 Å². The summed E-state index contributed by atoms with van der Waals surface area (Å²) in [5.41, 5.74) is 6.23. The van der Waals surface area contributed by atoms with E-state index in [4.69, 9.17) is 0 Å². The highest BCUT2D eigenvalue weighted by Gasteiger charge is 2.43. The van der Waals surface area contributed by atoms with Crippen molar-refractivity contribution in [3.05, 3.63) is 70.8 Å². The lowest BCUT2D eigenvalue weighted by Gasteiger charge is -2.49. The minimum absolute atomic E-state index is 0. The maximum Gasteiger partial charge on any atom is 0.141 e. The van der Waals surface area contributed by atoms with Gasteiger partial charge in [-0.05, 0) is 11.1 Å². The van der Waals surface area contributed by atoms with Crippen LogP contribution in [0.3, 0.4) is 0 Å². The second-order valence-corrected chi connectivity index (χ2v) is 6.23. The maximum atomic E-state index is 2.44. The zero-order chi connectivity index (χ0) is 12.9. The van der Waals surface area contributed by atoms with Crippen molar-refractivity contribution in [1.82, 2.24) is 0 Å². The van der Waals surface area contributed by atoms with Crippen LogP contribution in [0.2, 0.25) is 0 Å². The zero-order valence-corrected chi connectivity index (χ0v) is 14.0. The first kappa shape index (κ1) is 14.1. The summed E-state index contributed by atoms with van der Waals surface area (Å²) in [6.45, 7) is 2.55. The van der Waals surface area contributed by atoms with Gasteiger partial charge in [0.25, 0.3) is 0 Å². The Morgan fingerprint density at radius 3 is 1.75 bits per heavy atom. The van der Waals surface area contributed by atoms with E-state index in [9.17, 15) is 0 Å². The number of likely N-dealkylation sites (N-methyl/N-ethyl adjacent to an activating group) is 1. The smallest absolute Gasteiger partial charge is 0.141 e. The Morgan fingerprint density at radius 1 is 0.800 bits per heavy atom. The third-order valence-corrected chi connectivity index (χ3v) is 5.11. The van der Waals surface area contributed by atoms with Crippen molar-refractivity contribution >= 4 is 0 Å². The average Bonchev–Trinajstić information content (AvgIpc) is 2.46. The van der Waals surface area contributed by atoms with E-state index < -0.39 is 0 Å². The molecule has 0 aliphatic carbocycles. The van der Waals surface area contributed by atoms with Gasteiger partial charge >= 0.3 is 0 Å². The van der Waals surface area contributed by atoms with Crippen molar-refractivity contribution in [3.8, 4) is 0 Å². The Bertz CT molecular complexity index is 583. The van der Waals surface area contributed by atoms with Crippen LogP contribution < -0.4 is 24.0 Å². The Balaban J connectivity index is 0.00000121. The lowest BCUT2D eigenvalue weighted by molar-refractivity contribution is -0.937. The minimum Gasteiger partial charge on any atom is -1.00 e. The van der Waals surface area contributed by atoms with Crippen LogP contribution in [-0.4, -0.2) is 24.6 Å². The lowest BCUT2D eigenvalue weighted by Crippen LogP contribution is -3.00. The van der Waals surface area contributed by atoms with Gasteiger partial charge in [-0.15, -0.1) is 0 Å². The Kier molecular flexibility index (Phi) is 3.63. The van der Waals surface area contributed by atoms with Gasteiger partial charge in [0.05, 0.1) is 20.1 Å². The van der Waals surface area contributed by atoms with Crippen LogP contribution in [0.1, 0.15) is 28.3 Å².